The summed E-state index contributed by atoms with van der Waals surface area (Å²) in [6, 6.07) is 6.70. The van der Waals surface area contributed by atoms with Crippen molar-refractivity contribution < 1.29 is 0 Å². The van der Waals surface area contributed by atoms with Gasteiger partial charge in [-0.2, -0.15) is 0 Å². The Morgan fingerprint density at radius 2 is 2.33 bits per heavy atom. The molecule has 0 amide bonds. The molecule has 1 aromatic carbocycles. The van der Waals surface area contributed by atoms with Crippen LogP contribution in [0.15, 0.2) is 18.2 Å². The van der Waals surface area contributed by atoms with Gasteiger partial charge in [-0.1, -0.05) is 12.1 Å². The number of aromatic amines is 1. The van der Waals surface area contributed by atoms with E-state index >= 15 is 0 Å². The van der Waals surface area contributed by atoms with E-state index in [-0.39, 0.29) is 0 Å². The van der Waals surface area contributed by atoms with E-state index in [0.717, 1.165) is 23.4 Å². The van der Waals surface area contributed by atoms with E-state index in [2.05, 4.69) is 40.4 Å². The number of aromatic nitrogens is 2. The van der Waals surface area contributed by atoms with Crippen molar-refractivity contribution in [2.24, 2.45) is 0 Å². The van der Waals surface area contributed by atoms with Crippen LogP contribution >= 0.6 is 0 Å². The van der Waals surface area contributed by atoms with Gasteiger partial charge in [-0.25, -0.2) is 4.98 Å². The van der Waals surface area contributed by atoms with E-state index in [1.807, 2.05) is 0 Å². The summed E-state index contributed by atoms with van der Waals surface area (Å²) in [5, 5.41) is 3.46. The van der Waals surface area contributed by atoms with Gasteiger partial charge in [0.05, 0.1) is 17.1 Å². The van der Waals surface area contributed by atoms with E-state index < -0.39 is 0 Å². The number of H-pyrrole nitrogens is 1. The zero-order chi connectivity index (χ0) is 10.3. The van der Waals surface area contributed by atoms with Crippen molar-refractivity contribution in [1.82, 2.24) is 15.3 Å². The molecule has 0 unspecified atom stereocenters. The fourth-order valence-corrected chi connectivity index (χ4v) is 2.28. The molecule has 3 rings (SSSR count). The van der Waals surface area contributed by atoms with Crippen molar-refractivity contribution in [2.75, 3.05) is 6.54 Å². The first-order chi connectivity index (χ1) is 7.34. The molecule has 0 aliphatic carbocycles. The van der Waals surface area contributed by atoms with Crippen molar-refractivity contribution in [1.29, 1.82) is 0 Å². The number of aryl methyl sites for hydroxylation is 1. The molecule has 2 N–H and O–H groups in total. The van der Waals surface area contributed by atoms with Crippen LogP contribution in [0.1, 0.15) is 30.3 Å². The molecule has 78 valence electrons. The van der Waals surface area contributed by atoms with Gasteiger partial charge in [0, 0.05) is 0 Å². The van der Waals surface area contributed by atoms with Gasteiger partial charge in [0.2, 0.25) is 0 Å². The highest BCUT2D eigenvalue weighted by Gasteiger charge is 2.19. The predicted octanol–water partition coefficient (Wildman–Crippen LogP) is 2.30. The zero-order valence-electron chi connectivity index (χ0n) is 8.88. The van der Waals surface area contributed by atoms with Crippen LogP contribution in [0.3, 0.4) is 0 Å². The van der Waals surface area contributed by atoms with Crippen LogP contribution in [-0.2, 0) is 0 Å². The van der Waals surface area contributed by atoms with E-state index in [0.29, 0.717) is 6.04 Å². The van der Waals surface area contributed by atoms with Gasteiger partial charge in [-0.15, -0.1) is 0 Å². The number of rotatable bonds is 1. The Labute approximate surface area is 88.9 Å². The van der Waals surface area contributed by atoms with Crippen LogP contribution in [0.25, 0.3) is 11.0 Å². The van der Waals surface area contributed by atoms with Gasteiger partial charge in [-0.05, 0) is 37.9 Å². The highest BCUT2D eigenvalue weighted by atomic mass is 15.0. The molecular formula is C12H15N3. The number of nitrogens with zero attached hydrogens (tertiary/aromatic N) is 1. The number of imidazole rings is 1. The number of hydrogen-bond acceptors (Lipinski definition) is 2. The van der Waals surface area contributed by atoms with Gasteiger partial charge in [0.15, 0.2) is 0 Å². The molecule has 1 atom stereocenters. The molecule has 1 aliphatic heterocycles. The molecule has 15 heavy (non-hydrogen) atoms. The molecule has 1 fully saturated rings. The van der Waals surface area contributed by atoms with Crippen molar-refractivity contribution >= 4 is 11.0 Å². The Bertz CT molecular complexity index is 481. The van der Waals surface area contributed by atoms with Crippen LogP contribution in [0.2, 0.25) is 0 Å². The third kappa shape index (κ3) is 1.43. The summed E-state index contributed by atoms with van der Waals surface area (Å²) in [7, 11) is 0. The Morgan fingerprint density at radius 1 is 1.40 bits per heavy atom. The maximum atomic E-state index is 4.68. The van der Waals surface area contributed by atoms with Gasteiger partial charge >= 0.3 is 0 Å². The van der Waals surface area contributed by atoms with E-state index in [9.17, 15) is 0 Å². The molecule has 3 nitrogen and oxygen atoms in total. The summed E-state index contributed by atoms with van der Waals surface area (Å²) in [6.07, 6.45) is 2.44. The van der Waals surface area contributed by atoms with Crippen LogP contribution in [-0.4, -0.2) is 16.5 Å². The molecule has 0 radical (unpaired) electrons. The Hall–Kier alpha value is -1.35. The summed E-state index contributed by atoms with van der Waals surface area (Å²) >= 11 is 0. The molecule has 1 aromatic heterocycles. The Balaban J connectivity index is 2.09. The molecule has 0 saturated carbocycles. The number of fused-ring (bicyclic) bond motifs is 1. The first-order valence-electron chi connectivity index (χ1n) is 5.53. The summed E-state index contributed by atoms with van der Waals surface area (Å²) in [5.74, 6) is 1.09. The number of benzene rings is 1. The standard InChI is InChI=1S/C12H15N3/c1-8-4-2-5-9-11(8)15-12(14-9)10-6-3-7-13-10/h2,4-5,10,13H,3,6-7H2,1H3,(H,14,15)/t10-/m0/s1. The number of hydrogen-bond donors (Lipinski definition) is 2. The lowest BCUT2D eigenvalue weighted by Gasteiger charge is -2.04. The molecule has 2 heterocycles. The van der Waals surface area contributed by atoms with E-state index in [1.165, 1.54) is 18.4 Å². The summed E-state index contributed by atoms with van der Waals surface area (Å²) in [6.45, 7) is 3.22. The smallest absolute Gasteiger partial charge is 0.124 e. The summed E-state index contributed by atoms with van der Waals surface area (Å²) in [4.78, 5) is 8.08. The number of para-hydroxylation sites is 1. The van der Waals surface area contributed by atoms with Crippen LogP contribution in [0, 0.1) is 6.92 Å². The second kappa shape index (κ2) is 3.35. The third-order valence-corrected chi connectivity index (χ3v) is 3.12. The van der Waals surface area contributed by atoms with Crippen molar-refractivity contribution in [2.45, 2.75) is 25.8 Å². The average molecular weight is 201 g/mol. The SMILES string of the molecule is Cc1cccc2[nH]c([C@@H]3CCCN3)nc12. The molecule has 0 spiro atoms. The largest absolute Gasteiger partial charge is 0.341 e. The summed E-state index contributed by atoms with van der Waals surface area (Å²) in [5.41, 5.74) is 3.51. The van der Waals surface area contributed by atoms with Gasteiger partial charge < -0.3 is 10.3 Å². The van der Waals surface area contributed by atoms with E-state index in [4.69, 9.17) is 0 Å². The van der Waals surface area contributed by atoms with Crippen LogP contribution in [0.4, 0.5) is 0 Å². The average Bonchev–Trinajstić information content (AvgIpc) is 2.86. The molecule has 1 aliphatic rings. The fourth-order valence-electron chi connectivity index (χ4n) is 2.28. The van der Waals surface area contributed by atoms with Gasteiger partial charge in [0.25, 0.3) is 0 Å². The lowest BCUT2D eigenvalue weighted by Crippen LogP contribution is -2.14. The van der Waals surface area contributed by atoms with Gasteiger partial charge in [0.1, 0.15) is 5.82 Å². The number of nitrogens with one attached hydrogen (secondary N) is 2. The Morgan fingerprint density at radius 3 is 3.07 bits per heavy atom. The minimum Gasteiger partial charge on any atom is -0.341 e. The molecule has 1 saturated heterocycles. The molecule has 3 heteroatoms. The highest BCUT2D eigenvalue weighted by Crippen LogP contribution is 2.24. The molecular weight excluding hydrogens is 186 g/mol. The first kappa shape index (κ1) is 8.92. The third-order valence-electron chi connectivity index (χ3n) is 3.12. The second-order valence-electron chi connectivity index (χ2n) is 4.24. The monoisotopic (exact) mass is 201 g/mol. The minimum absolute atomic E-state index is 0.428. The van der Waals surface area contributed by atoms with Crippen LogP contribution in [0.5, 0.6) is 0 Å². The lowest BCUT2D eigenvalue weighted by molar-refractivity contribution is 0.614. The fraction of sp³-hybridized carbons (Fsp3) is 0.417. The van der Waals surface area contributed by atoms with Crippen molar-refractivity contribution in [3.8, 4) is 0 Å². The predicted molar refractivity (Wildman–Crippen MR) is 60.8 cm³/mol. The van der Waals surface area contributed by atoms with Gasteiger partial charge in [-0.3, -0.25) is 0 Å². The second-order valence-corrected chi connectivity index (χ2v) is 4.24. The van der Waals surface area contributed by atoms with E-state index in [1.54, 1.807) is 0 Å². The normalized spacial score (nSPS) is 21.3. The minimum atomic E-state index is 0.428. The summed E-state index contributed by atoms with van der Waals surface area (Å²) < 4.78 is 0. The maximum absolute atomic E-state index is 4.68. The molecule has 0 bridgehead atoms. The topological polar surface area (TPSA) is 40.7 Å². The highest BCUT2D eigenvalue weighted by molar-refractivity contribution is 5.78. The zero-order valence-corrected chi connectivity index (χ0v) is 8.88. The first-order valence-corrected chi connectivity index (χ1v) is 5.53. The quantitative estimate of drug-likeness (QED) is 0.743. The van der Waals surface area contributed by atoms with Crippen LogP contribution < -0.4 is 5.32 Å². The van der Waals surface area contributed by atoms with Crippen molar-refractivity contribution in [3.63, 3.8) is 0 Å². The Kier molecular flexibility index (Phi) is 1.99. The maximum Gasteiger partial charge on any atom is 0.124 e. The lowest BCUT2D eigenvalue weighted by atomic mass is 10.2. The molecule has 2 aromatic rings. The van der Waals surface area contributed by atoms with Crippen molar-refractivity contribution in [3.05, 3.63) is 29.6 Å².